The number of benzene rings is 3. The highest BCUT2D eigenvalue weighted by Crippen LogP contribution is 2.37. The number of amides is 1. The molecule has 0 fully saturated rings. The second-order valence-electron chi connectivity index (χ2n) is 7.12. The molecule has 3 rings (SSSR count). The summed E-state index contributed by atoms with van der Waals surface area (Å²) in [6.07, 6.45) is 0. The minimum atomic E-state index is -0.350. The summed E-state index contributed by atoms with van der Waals surface area (Å²) in [5.41, 5.74) is 3.09. The summed E-state index contributed by atoms with van der Waals surface area (Å²) in [5.74, 6) is 0.385. The molecule has 0 bridgehead atoms. The van der Waals surface area contributed by atoms with E-state index in [1.165, 1.54) is 0 Å². The number of aryl methyl sites for hydroxylation is 1. The normalized spacial score (nSPS) is 10.6. The van der Waals surface area contributed by atoms with Crippen LogP contribution in [0.2, 0.25) is 20.1 Å². The summed E-state index contributed by atoms with van der Waals surface area (Å²) >= 11 is 24.7. The van der Waals surface area contributed by atoms with Crippen LogP contribution in [0.3, 0.4) is 0 Å². The summed E-state index contributed by atoms with van der Waals surface area (Å²) in [4.78, 5) is 12.3. The van der Waals surface area contributed by atoms with Crippen molar-refractivity contribution in [3.8, 4) is 11.5 Å². The van der Waals surface area contributed by atoms with Gasteiger partial charge in [-0.2, -0.15) is 0 Å². The Hall–Kier alpha value is -2.31. The van der Waals surface area contributed by atoms with E-state index in [9.17, 15) is 4.79 Å². The Morgan fingerprint density at radius 2 is 1.70 bits per heavy atom. The number of hydrogen-bond acceptors (Lipinski definition) is 4. The molecule has 0 aromatic heterocycles. The summed E-state index contributed by atoms with van der Waals surface area (Å²) in [6, 6.07) is 14.0. The van der Waals surface area contributed by atoms with Crippen LogP contribution in [0.4, 0.5) is 11.4 Å². The van der Waals surface area contributed by atoms with Crippen molar-refractivity contribution in [3.63, 3.8) is 0 Å². The quantitative estimate of drug-likeness (QED) is 0.300. The molecule has 0 saturated heterocycles. The van der Waals surface area contributed by atoms with Crippen LogP contribution in [-0.4, -0.2) is 19.1 Å². The topological polar surface area (TPSA) is 59.6 Å². The van der Waals surface area contributed by atoms with Crippen molar-refractivity contribution < 1.29 is 14.3 Å². The Morgan fingerprint density at radius 3 is 2.39 bits per heavy atom. The molecule has 0 heterocycles. The van der Waals surface area contributed by atoms with Gasteiger partial charge in [0, 0.05) is 22.3 Å². The van der Waals surface area contributed by atoms with Crippen molar-refractivity contribution in [2.45, 2.75) is 20.4 Å². The van der Waals surface area contributed by atoms with Gasteiger partial charge in [-0.25, -0.2) is 0 Å². The molecule has 5 nitrogen and oxygen atoms in total. The van der Waals surface area contributed by atoms with Gasteiger partial charge in [0.2, 0.25) is 0 Å². The molecule has 1 amide bonds. The fourth-order valence-corrected chi connectivity index (χ4v) is 3.91. The summed E-state index contributed by atoms with van der Waals surface area (Å²) in [5, 5.41) is 7.95. The Balaban J connectivity index is 1.68. The molecular formula is C24H22Cl4N2O3. The molecule has 0 unspecified atom stereocenters. The lowest BCUT2D eigenvalue weighted by molar-refractivity contribution is -0.118. The van der Waals surface area contributed by atoms with E-state index >= 15 is 0 Å². The average molecular weight is 528 g/mol. The highest BCUT2D eigenvalue weighted by Gasteiger charge is 2.15. The molecule has 2 N–H and O–H groups in total. The van der Waals surface area contributed by atoms with Gasteiger partial charge < -0.3 is 20.1 Å². The summed E-state index contributed by atoms with van der Waals surface area (Å²) < 4.78 is 11.4. The van der Waals surface area contributed by atoms with Gasteiger partial charge in [0.05, 0.1) is 22.3 Å². The zero-order valence-electron chi connectivity index (χ0n) is 18.0. The first-order valence-electron chi connectivity index (χ1n) is 10.1. The molecule has 0 saturated carbocycles. The molecule has 33 heavy (non-hydrogen) atoms. The van der Waals surface area contributed by atoms with Crippen molar-refractivity contribution in [1.29, 1.82) is 0 Å². The fourth-order valence-electron chi connectivity index (χ4n) is 2.96. The van der Waals surface area contributed by atoms with Gasteiger partial charge in [0.1, 0.15) is 0 Å². The average Bonchev–Trinajstić information content (AvgIpc) is 2.75. The van der Waals surface area contributed by atoms with Crippen LogP contribution in [0.5, 0.6) is 11.5 Å². The number of ether oxygens (including phenoxy) is 2. The number of nitrogens with one attached hydrogen (secondary N) is 2. The second-order valence-corrected chi connectivity index (χ2v) is 8.77. The van der Waals surface area contributed by atoms with E-state index in [0.717, 1.165) is 16.8 Å². The fraction of sp³-hybridized carbons (Fsp3) is 0.208. The number of anilines is 2. The molecule has 3 aromatic carbocycles. The summed E-state index contributed by atoms with van der Waals surface area (Å²) in [6.45, 7) is 4.33. The molecular weight excluding hydrogens is 506 g/mol. The van der Waals surface area contributed by atoms with Gasteiger partial charge >= 0.3 is 0 Å². The van der Waals surface area contributed by atoms with Crippen molar-refractivity contribution in [2.75, 3.05) is 23.8 Å². The van der Waals surface area contributed by atoms with Crippen LogP contribution in [0, 0.1) is 6.92 Å². The maximum absolute atomic E-state index is 12.3. The standard InChI is InChI=1S/C24H22Cl4N2O3/c1-3-32-22-9-15(12-29-21-7-5-16(25)10-19(21)27)8-20(28)24(22)33-13-23(31)30-17-6-4-14(2)18(26)11-17/h4-11,29H,3,12-13H2,1-2H3,(H,30,31). The Morgan fingerprint density at radius 1 is 0.909 bits per heavy atom. The predicted molar refractivity (Wildman–Crippen MR) is 137 cm³/mol. The lowest BCUT2D eigenvalue weighted by Gasteiger charge is -2.16. The monoisotopic (exact) mass is 526 g/mol. The van der Waals surface area contributed by atoms with Gasteiger partial charge in [-0.05, 0) is 67.4 Å². The highest BCUT2D eigenvalue weighted by molar-refractivity contribution is 6.36. The number of hydrogen-bond donors (Lipinski definition) is 2. The van der Waals surface area contributed by atoms with E-state index in [4.69, 9.17) is 55.9 Å². The number of halogens is 4. The molecule has 3 aromatic rings. The SMILES string of the molecule is CCOc1cc(CNc2ccc(Cl)cc2Cl)cc(Cl)c1OCC(=O)Nc1ccc(C)c(Cl)c1. The number of carbonyl (C=O) groups is 1. The lowest BCUT2D eigenvalue weighted by atomic mass is 10.2. The van der Waals surface area contributed by atoms with E-state index < -0.39 is 0 Å². The molecule has 0 aliphatic carbocycles. The largest absolute Gasteiger partial charge is 0.490 e. The third-order valence-electron chi connectivity index (χ3n) is 4.59. The minimum absolute atomic E-state index is 0.247. The van der Waals surface area contributed by atoms with E-state index in [0.29, 0.717) is 50.4 Å². The molecule has 9 heteroatoms. The molecule has 0 aliphatic heterocycles. The first-order valence-corrected chi connectivity index (χ1v) is 11.6. The number of rotatable bonds is 9. The molecule has 0 radical (unpaired) electrons. The first-order chi connectivity index (χ1) is 15.8. The van der Waals surface area contributed by atoms with Gasteiger partial charge in [0.15, 0.2) is 18.1 Å². The molecule has 174 valence electrons. The zero-order chi connectivity index (χ0) is 24.0. The summed E-state index contributed by atoms with van der Waals surface area (Å²) in [7, 11) is 0. The van der Waals surface area contributed by atoms with E-state index in [1.807, 2.05) is 19.9 Å². The van der Waals surface area contributed by atoms with Gasteiger partial charge in [-0.1, -0.05) is 52.5 Å². The number of carbonyl (C=O) groups excluding carboxylic acids is 1. The maximum Gasteiger partial charge on any atom is 0.262 e. The third kappa shape index (κ3) is 7.08. The van der Waals surface area contributed by atoms with Crippen LogP contribution >= 0.6 is 46.4 Å². The highest BCUT2D eigenvalue weighted by atomic mass is 35.5. The van der Waals surface area contributed by atoms with E-state index in [-0.39, 0.29) is 12.5 Å². The Bertz CT molecular complexity index is 1150. The zero-order valence-corrected chi connectivity index (χ0v) is 21.0. The van der Waals surface area contributed by atoms with Crippen molar-refractivity contribution >= 4 is 63.7 Å². The first kappa shape index (κ1) is 25.3. The Kier molecular flexibility index (Phi) is 8.98. The Labute approximate surface area is 212 Å². The molecule has 0 spiro atoms. The van der Waals surface area contributed by atoms with Crippen molar-refractivity contribution in [3.05, 3.63) is 79.7 Å². The maximum atomic E-state index is 12.3. The van der Waals surface area contributed by atoms with Crippen molar-refractivity contribution in [2.24, 2.45) is 0 Å². The van der Waals surface area contributed by atoms with Gasteiger partial charge in [0.25, 0.3) is 5.91 Å². The van der Waals surface area contributed by atoms with Crippen molar-refractivity contribution in [1.82, 2.24) is 0 Å². The van der Waals surface area contributed by atoms with Crippen LogP contribution in [-0.2, 0) is 11.3 Å². The van der Waals surface area contributed by atoms with E-state index in [2.05, 4.69) is 10.6 Å². The predicted octanol–water partition coefficient (Wildman–Crippen LogP) is 7.64. The van der Waals surface area contributed by atoms with Gasteiger partial charge in [-0.3, -0.25) is 4.79 Å². The van der Waals surface area contributed by atoms with Crippen LogP contribution in [0.1, 0.15) is 18.1 Å². The smallest absolute Gasteiger partial charge is 0.262 e. The van der Waals surface area contributed by atoms with Crippen LogP contribution < -0.4 is 20.1 Å². The van der Waals surface area contributed by atoms with E-state index in [1.54, 1.807) is 42.5 Å². The minimum Gasteiger partial charge on any atom is -0.490 e. The lowest BCUT2D eigenvalue weighted by Crippen LogP contribution is -2.20. The van der Waals surface area contributed by atoms with Crippen LogP contribution in [0.15, 0.2) is 48.5 Å². The van der Waals surface area contributed by atoms with Crippen LogP contribution in [0.25, 0.3) is 0 Å². The molecule has 0 aliphatic rings. The van der Waals surface area contributed by atoms with Gasteiger partial charge in [-0.15, -0.1) is 0 Å². The third-order valence-corrected chi connectivity index (χ3v) is 5.82. The second kappa shape index (κ2) is 11.7. The molecule has 0 atom stereocenters.